The lowest BCUT2D eigenvalue weighted by Gasteiger charge is -2.15. The third-order valence-electron chi connectivity index (χ3n) is 4.29. The molecule has 26 heavy (non-hydrogen) atoms. The highest BCUT2D eigenvalue weighted by Gasteiger charge is 2.24. The lowest BCUT2D eigenvalue weighted by atomic mass is 10.1. The van der Waals surface area contributed by atoms with Gasteiger partial charge in [0.2, 0.25) is 0 Å². The molecule has 1 aliphatic heterocycles. The molecule has 0 aromatic heterocycles. The zero-order valence-electron chi connectivity index (χ0n) is 14.9. The van der Waals surface area contributed by atoms with Crippen LogP contribution in [0.2, 0.25) is 0 Å². The second kappa shape index (κ2) is 7.87. The van der Waals surface area contributed by atoms with Crippen LogP contribution in [0.1, 0.15) is 28.4 Å². The molecule has 2 aromatic carbocycles. The summed E-state index contributed by atoms with van der Waals surface area (Å²) >= 11 is 0. The molecule has 0 radical (unpaired) electrons. The molecule has 1 aliphatic rings. The number of anilines is 1. The number of fused-ring (bicyclic) bond motifs is 1. The maximum absolute atomic E-state index is 12.6. The number of esters is 1. The predicted molar refractivity (Wildman–Crippen MR) is 100 cm³/mol. The Balaban J connectivity index is 1.78. The number of hydrogen-bond acceptors (Lipinski definition) is 4. The van der Waals surface area contributed by atoms with Crippen LogP contribution in [-0.4, -0.2) is 32.1 Å². The topological polar surface area (TPSA) is 55.8 Å². The molecule has 0 fully saturated rings. The maximum atomic E-state index is 12.6. The Morgan fingerprint density at radius 2 is 2.00 bits per heavy atom. The molecule has 0 unspecified atom stereocenters. The molecule has 5 nitrogen and oxygen atoms in total. The second-order valence-corrected chi connectivity index (χ2v) is 5.88. The summed E-state index contributed by atoms with van der Waals surface area (Å²) in [6.07, 6.45) is 4.05. The molecule has 2 aromatic rings. The summed E-state index contributed by atoms with van der Waals surface area (Å²) in [6.45, 7) is 3.09. The summed E-state index contributed by atoms with van der Waals surface area (Å²) in [4.78, 5) is 26.0. The van der Waals surface area contributed by atoms with Crippen molar-refractivity contribution in [3.8, 4) is 5.75 Å². The smallest absolute Gasteiger partial charge is 0.337 e. The summed E-state index contributed by atoms with van der Waals surface area (Å²) in [6, 6.07) is 12.9. The van der Waals surface area contributed by atoms with Gasteiger partial charge in [-0.15, -0.1) is 0 Å². The van der Waals surface area contributed by atoms with Crippen molar-refractivity contribution in [3.63, 3.8) is 0 Å². The fourth-order valence-electron chi connectivity index (χ4n) is 3.03. The van der Waals surface area contributed by atoms with E-state index in [-0.39, 0.29) is 11.9 Å². The number of methoxy groups -OCH3 is 1. The van der Waals surface area contributed by atoms with Crippen molar-refractivity contribution in [2.75, 3.05) is 25.2 Å². The van der Waals surface area contributed by atoms with E-state index in [2.05, 4.69) is 0 Å². The van der Waals surface area contributed by atoms with Gasteiger partial charge in [-0.2, -0.15) is 0 Å². The zero-order valence-corrected chi connectivity index (χ0v) is 14.9. The second-order valence-electron chi connectivity index (χ2n) is 5.88. The van der Waals surface area contributed by atoms with Crippen LogP contribution in [-0.2, 0) is 16.0 Å². The number of para-hydroxylation sites is 1. The summed E-state index contributed by atoms with van der Waals surface area (Å²) in [5.74, 6) is 0.287. The Hall–Kier alpha value is -3.08. The Bertz CT molecular complexity index is 857. The van der Waals surface area contributed by atoms with Crippen molar-refractivity contribution in [1.82, 2.24) is 0 Å². The molecule has 0 saturated carbocycles. The van der Waals surface area contributed by atoms with Gasteiger partial charge in [0.15, 0.2) is 0 Å². The van der Waals surface area contributed by atoms with Gasteiger partial charge in [-0.05, 0) is 49.2 Å². The molecular formula is C21H21NO4. The Kier molecular flexibility index (Phi) is 5.37. The molecule has 1 heterocycles. The van der Waals surface area contributed by atoms with E-state index in [1.165, 1.54) is 7.11 Å². The minimum atomic E-state index is -0.370. The fourth-order valence-corrected chi connectivity index (χ4v) is 3.03. The monoisotopic (exact) mass is 351 g/mol. The zero-order chi connectivity index (χ0) is 18.5. The molecule has 0 atom stereocenters. The van der Waals surface area contributed by atoms with E-state index < -0.39 is 0 Å². The molecule has 0 aliphatic carbocycles. The molecule has 1 amide bonds. The minimum absolute atomic E-state index is 0.0964. The number of hydrogen-bond donors (Lipinski definition) is 0. The van der Waals surface area contributed by atoms with Crippen molar-refractivity contribution in [3.05, 3.63) is 65.2 Å². The highest BCUT2D eigenvalue weighted by Crippen LogP contribution is 2.29. The average molecular weight is 351 g/mol. The lowest BCUT2D eigenvalue weighted by molar-refractivity contribution is -0.114. The van der Waals surface area contributed by atoms with Crippen LogP contribution in [0.5, 0.6) is 5.75 Å². The van der Waals surface area contributed by atoms with Crippen molar-refractivity contribution in [1.29, 1.82) is 0 Å². The molecule has 0 saturated heterocycles. The summed E-state index contributed by atoms with van der Waals surface area (Å²) in [5.41, 5.74) is 3.18. The average Bonchev–Trinajstić information content (AvgIpc) is 3.10. The Morgan fingerprint density at radius 3 is 2.77 bits per heavy atom. The van der Waals surface area contributed by atoms with Gasteiger partial charge in [-0.25, -0.2) is 4.79 Å². The van der Waals surface area contributed by atoms with Gasteiger partial charge in [0.25, 0.3) is 5.91 Å². The van der Waals surface area contributed by atoms with Crippen molar-refractivity contribution in [2.24, 2.45) is 0 Å². The highest BCUT2D eigenvalue weighted by atomic mass is 16.5. The number of rotatable bonds is 5. The van der Waals surface area contributed by atoms with Crippen molar-refractivity contribution < 1.29 is 19.1 Å². The van der Waals surface area contributed by atoms with E-state index in [0.717, 1.165) is 29.0 Å². The molecule has 0 spiro atoms. The number of ether oxygens (including phenoxy) is 2. The first-order valence-corrected chi connectivity index (χ1v) is 8.56. The first-order chi connectivity index (χ1) is 12.6. The summed E-state index contributed by atoms with van der Waals surface area (Å²) < 4.78 is 10.3. The lowest BCUT2D eigenvalue weighted by Crippen LogP contribution is -2.26. The van der Waals surface area contributed by atoms with Crippen LogP contribution >= 0.6 is 0 Å². The van der Waals surface area contributed by atoms with E-state index in [9.17, 15) is 9.59 Å². The number of nitrogens with zero attached hydrogens (tertiary/aromatic N) is 1. The minimum Gasteiger partial charge on any atom is -0.493 e. The van der Waals surface area contributed by atoms with Crippen LogP contribution in [0.15, 0.2) is 48.5 Å². The summed E-state index contributed by atoms with van der Waals surface area (Å²) in [5, 5.41) is 0. The number of carbonyl (C=O) groups excluding carboxylic acids is 2. The summed E-state index contributed by atoms with van der Waals surface area (Å²) in [7, 11) is 1.36. The van der Waals surface area contributed by atoms with Crippen LogP contribution in [0, 0.1) is 0 Å². The number of amides is 1. The largest absolute Gasteiger partial charge is 0.493 e. The van der Waals surface area contributed by atoms with Crippen LogP contribution in [0.4, 0.5) is 5.69 Å². The Labute approximate surface area is 152 Å². The van der Waals surface area contributed by atoms with Gasteiger partial charge in [0.1, 0.15) is 5.75 Å². The van der Waals surface area contributed by atoms with Crippen LogP contribution in [0.25, 0.3) is 6.08 Å². The number of benzene rings is 2. The molecule has 134 valence electrons. The van der Waals surface area contributed by atoms with Gasteiger partial charge in [-0.1, -0.05) is 18.2 Å². The standard InChI is InChI=1S/C21H21NO4/c1-3-26-19-7-5-4-6-15(19)9-11-20(23)22-13-12-16-14-17(21(24)25-2)8-10-18(16)22/h4-11,14H,3,12-13H2,1-2H3/b11-9+. The van der Waals surface area contributed by atoms with Gasteiger partial charge < -0.3 is 14.4 Å². The molecule has 5 heteroatoms. The normalized spacial score (nSPS) is 12.9. The molecule has 0 bridgehead atoms. The van der Waals surface area contributed by atoms with Gasteiger partial charge in [0.05, 0.1) is 19.3 Å². The predicted octanol–water partition coefficient (Wildman–Crippen LogP) is 3.47. The van der Waals surface area contributed by atoms with Crippen molar-refractivity contribution in [2.45, 2.75) is 13.3 Å². The SMILES string of the molecule is CCOc1ccccc1/C=C/C(=O)N1CCc2cc(C(=O)OC)ccc21. The fraction of sp³-hybridized carbons (Fsp3) is 0.238. The maximum Gasteiger partial charge on any atom is 0.337 e. The van der Waals surface area contributed by atoms with Gasteiger partial charge in [0, 0.05) is 23.9 Å². The molecule has 3 rings (SSSR count). The van der Waals surface area contributed by atoms with Gasteiger partial charge >= 0.3 is 5.97 Å². The Morgan fingerprint density at radius 1 is 1.19 bits per heavy atom. The third-order valence-corrected chi connectivity index (χ3v) is 4.29. The van der Waals surface area contributed by atoms with E-state index in [0.29, 0.717) is 18.7 Å². The first-order valence-electron chi connectivity index (χ1n) is 8.56. The molecule has 0 N–H and O–H groups in total. The van der Waals surface area contributed by atoms with E-state index in [1.807, 2.05) is 31.2 Å². The van der Waals surface area contributed by atoms with Crippen LogP contribution in [0.3, 0.4) is 0 Å². The highest BCUT2D eigenvalue weighted by molar-refractivity contribution is 6.05. The quantitative estimate of drug-likeness (QED) is 0.611. The van der Waals surface area contributed by atoms with E-state index >= 15 is 0 Å². The van der Waals surface area contributed by atoms with E-state index in [1.54, 1.807) is 35.3 Å². The van der Waals surface area contributed by atoms with Crippen molar-refractivity contribution >= 4 is 23.6 Å². The third kappa shape index (κ3) is 3.61. The van der Waals surface area contributed by atoms with E-state index in [4.69, 9.17) is 9.47 Å². The first kappa shape index (κ1) is 17.7. The van der Waals surface area contributed by atoms with Crippen LogP contribution < -0.4 is 9.64 Å². The van der Waals surface area contributed by atoms with Gasteiger partial charge in [-0.3, -0.25) is 4.79 Å². The number of carbonyl (C=O) groups is 2. The molecular weight excluding hydrogens is 330 g/mol.